The second-order valence-corrected chi connectivity index (χ2v) is 11.6. The topological polar surface area (TPSA) is 58.6 Å². The van der Waals surface area contributed by atoms with Gasteiger partial charge in [0.2, 0.25) is 5.91 Å². The smallest absolute Gasteiger partial charge is 0.228 e. The summed E-state index contributed by atoms with van der Waals surface area (Å²) in [5.41, 5.74) is 3.01. The molecule has 2 rings (SSSR count). The third-order valence-electron chi connectivity index (χ3n) is 4.96. The van der Waals surface area contributed by atoms with Gasteiger partial charge in [0.25, 0.3) is 0 Å². The minimum atomic E-state index is -0.223. The Morgan fingerprint density at radius 1 is 0.871 bits per heavy atom. The van der Waals surface area contributed by atoms with E-state index in [1.54, 1.807) is 0 Å². The summed E-state index contributed by atoms with van der Waals surface area (Å²) in [7, 11) is 0. The van der Waals surface area contributed by atoms with Crippen LogP contribution in [0.1, 0.15) is 79.0 Å². The zero-order chi connectivity index (χ0) is 23.6. The van der Waals surface area contributed by atoms with Crippen molar-refractivity contribution in [3.63, 3.8) is 0 Å². The third-order valence-corrected chi connectivity index (χ3v) is 4.96. The van der Waals surface area contributed by atoms with E-state index in [0.29, 0.717) is 12.4 Å². The number of rotatable bonds is 5. The fourth-order valence-electron chi connectivity index (χ4n) is 3.26. The highest BCUT2D eigenvalue weighted by atomic mass is 16.5. The minimum absolute atomic E-state index is 0.0891. The summed E-state index contributed by atoms with van der Waals surface area (Å²) in [6, 6.07) is 11.4. The van der Waals surface area contributed by atoms with Gasteiger partial charge in [-0.1, -0.05) is 74.4 Å². The molecular formula is C27H39NO3. The van der Waals surface area contributed by atoms with E-state index >= 15 is 0 Å². The number of benzene rings is 2. The Balaban J connectivity index is 2.16. The maximum atomic E-state index is 12.7. The average molecular weight is 426 g/mol. The number of hydrogen-bond acceptors (Lipinski definition) is 3. The van der Waals surface area contributed by atoms with Crippen molar-refractivity contribution in [1.29, 1.82) is 0 Å². The monoisotopic (exact) mass is 425 g/mol. The zero-order valence-corrected chi connectivity index (χ0v) is 20.6. The van der Waals surface area contributed by atoms with E-state index in [0.717, 1.165) is 28.1 Å². The molecule has 0 aromatic heterocycles. The van der Waals surface area contributed by atoms with Crippen molar-refractivity contribution in [1.82, 2.24) is 0 Å². The number of amides is 1. The van der Waals surface area contributed by atoms with Crippen molar-refractivity contribution in [2.75, 3.05) is 11.9 Å². The standard InChI is InChI=1S/C27H39NO3/c1-25(2,3)17-31-20-12-10-19(11-13-20)28-23(29)16-18-14-21(26(4,5)6)24(30)22(15-18)27(7,8)9/h10-15,30H,16-17H2,1-9H3,(H,28,29). The molecule has 0 fully saturated rings. The summed E-state index contributed by atoms with van der Waals surface area (Å²) >= 11 is 0. The van der Waals surface area contributed by atoms with Gasteiger partial charge in [-0.25, -0.2) is 0 Å². The van der Waals surface area contributed by atoms with E-state index in [4.69, 9.17) is 4.74 Å². The zero-order valence-electron chi connectivity index (χ0n) is 20.6. The number of phenols is 1. The van der Waals surface area contributed by atoms with Crippen molar-refractivity contribution in [2.45, 2.75) is 79.6 Å². The van der Waals surface area contributed by atoms with Gasteiger partial charge in [0.15, 0.2) is 0 Å². The Morgan fingerprint density at radius 3 is 1.77 bits per heavy atom. The molecule has 2 aromatic carbocycles. The summed E-state index contributed by atoms with van der Waals surface area (Å²) in [6.45, 7) is 19.4. The molecule has 0 heterocycles. The fourth-order valence-corrected chi connectivity index (χ4v) is 3.26. The lowest BCUT2D eigenvalue weighted by molar-refractivity contribution is -0.115. The molecule has 0 aliphatic carbocycles. The largest absolute Gasteiger partial charge is 0.507 e. The van der Waals surface area contributed by atoms with Crippen LogP contribution in [-0.2, 0) is 22.0 Å². The molecule has 0 radical (unpaired) electrons. The SMILES string of the molecule is CC(C)(C)COc1ccc(NC(=O)Cc2cc(C(C)(C)C)c(O)c(C(C)(C)C)c2)cc1. The van der Waals surface area contributed by atoms with Gasteiger partial charge >= 0.3 is 0 Å². The molecule has 4 heteroatoms. The van der Waals surface area contributed by atoms with Crippen LogP contribution < -0.4 is 10.1 Å². The molecule has 0 aliphatic heterocycles. The number of hydrogen-bond donors (Lipinski definition) is 2. The van der Waals surface area contributed by atoms with E-state index in [-0.39, 0.29) is 28.6 Å². The molecule has 2 N–H and O–H groups in total. The number of carbonyl (C=O) groups is 1. The Labute approximate surface area is 188 Å². The van der Waals surface area contributed by atoms with Gasteiger partial charge in [-0.3, -0.25) is 4.79 Å². The summed E-state index contributed by atoms with van der Waals surface area (Å²) in [5.74, 6) is 1.03. The van der Waals surface area contributed by atoms with Gasteiger partial charge in [0.05, 0.1) is 13.0 Å². The fraction of sp³-hybridized carbons (Fsp3) is 0.519. The third kappa shape index (κ3) is 7.30. The summed E-state index contributed by atoms with van der Waals surface area (Å²) < 4.78 is 5.79. The second kappa shape index (κ2) is 8.94. The van der Waals surface area contributed by atoms with E-state index in [1.165, 1.54) is 0 Å². The second-order valence-electron chi connectivity index (χ2n) is 11.6. The Morgan fingerprint density at radius 2 is 1.35 bits per heavy atom. The molecule has 0 unspecified atom stereocenters. The number of carbonyl (C=O) groups excluding carboxylic acids is 1. The minimum Gasteiger partial charge on any atom is -0.507 e. The normalized spacial score (nSPS) is 12.5. The molecular weight excluding hydrogens is 386 g/mol. The molecule has 31 heavy (non-hydrogen) atoms. The van der Waals surface area contributed by atoms with Gasteiger partial charge in [0.1, 0.15) is 11.5 Å². The van der Waals surface area contributed by atoms with Crippen LogP contribution in [0, 0.1) is 5.41 Å². The molecule has 4 nitrogen and oxygen atoms in total. The molecule has 0 aliphatic rings. The predicted octanol–water partition coefficient (Wildman–Crippen LogP) is 6.59. The number of ether oxygens (including phenoxy) is 1. The van der Waals surface area contributed by atoms with Gasteiger partial charge in [0, 0.05) is 5.69 Å². The highest BCUT2D eigenvalue weighted by Gasteiger charge is 2.26. The van der Waals surface area contributed by atoms with Gasteiger partial charge in [-0.05, 0) is 57.2 Å². The van der Waals surface area contributed by atoms with Gasteiger partial charge in [-0.2, -0.15) is 0 Å². The van der Waals surface area contributed by atoms with Crippen LogP contribution in [0.15, 0.2) is 36.4 Å². The Bertz CT molecular complexity index is 872. The first-order chi connectivity index (χ1) is 14.1. The Kier molecular flexibility index (Phi) is 7.14. The van der Waals surface area contributed by atoms with E-state index in [9.17, 15) is 9.90 Å². The summed E-state index contributed by atoms with van der Waals surface area (Å²) in [5, 5.41) is 13.8. The van der Waals surface area contributed by atoms with Crippen molar-refractivity contribution in [3.8, 4) is 11.5 Å². The number of nitrogens with one attached hydrogen (secondary N) is 1. The highest BCUT2D eigenvalue weighted by Crippen LogP contribution is 2.39. The van der Waals surface area contributed by atoms with Crippen LogP contribution in [-0.4, -0.2) is 17.6 Å². The predicted molar refractivity (Wildman–Crippen MR) is 129 cm³/mol. The van der Waals surface area contributed by atoms with Crippen LogP contribution in [0.5, 0.6) is 11.5 Å². The van der Waals surface area contributed by atoms with Crippen molar-refractivity contribution < 1.29 is 14.6 Å². The maximum Gasteiger partial charge on any atom is 0.228 e. The van der Waals surface area contributed by atoms with E-state index in [2.05, 4.69) is 67.6 Å². The summed E-state index contributed by atoms with van der Waals surface area (Å²) in [4.78, 5) is 12.7. The Hall–Kier alpha value is -2.49. The first-order valence-corrected chi connectivity index (χ1v) is 11.0. The molecule has 2 aromatic rings. The summed E-state index contributed by atoms with van der Waals surface area (Å²) in [6.07, 6.45) is 0.245. The molecule has 0 saturated carbocycles. The maximum absolute atomic E-state index is 12.7. The quantitative estimate of drug-likeness (QED) is 0.568. The number of phenolic OH excluding ortho intramolecular Hbond substituents is 1. The first-order valence-electron chi connectivity index (χ1n) is 11.0. The lowest BCUT2D eigenvalue weighted by Gasteiger charge is -2.28. The van der Waals surface area contributed by atoms with Crippen LogP contribution in [0.4, 0.5) is 5.69 Å². The van der Waals surface area contributed by atoms with Gasteiger partial charge < -0.3 is 15.2 Å². The van der Waals surface area contributed by atoms with Crippen LogP contribution in [0.2, 0.25) is 0 Å². The van der Waals surface area contributed by atoms with Crippen molar-refractivity contribution in [2.24, 2.45) is 5.41 Å². The molecule has 0 spiro atoms. The molecule has 0 saturated heterocycles. The van der Waals surface area contributed by atoms with Crippen molar-refractivity contribution in [3.05, 3.63) is 53.1 Å². The first kappa shape index (κ1) is 24.8. The van der Waals surface area contributed by atoms with Gasteiger partial charge in [-0.15, -0.1) is 0 Å². The average Bonchev–Trinajstić information content (AvgIpc) is 2.60. The molecule has 1 amide bonds. The number of anilines is 1. The molecule has 170 valence electrons. The molecule has 0 bridgehead atoms. The van der Waals surface area contributed by atoms with Crippen molar-refractivity contribution >= 4 is 11.6 Å². The highest BCUT2D eigenvalue weighted by molar-refractivity contribution is 5.92. The lowest BCUT2D eigenvalue weighted by atomic mass is 9.78. The van der Waals surface area contributed by atoms with Crippen LogP contribution >= 0.6 is 0 Å². The van der Waals surface area contributed by atoms with Crippen LogP contribution in [0.3, 0.4) is 0 Å². The lowest BCUT2D eigenvalue weighted by Crippen LogP contribution is -2.20. The number of aromatic hydroxyl groups is 1. The van der Waals surface area contributed by atoms with E-state index < -0.39 is 0 Å². The van der Waals surface area contributed by atoms with Crippen LogP contribution in [0.25, 0.3) is 0 Å². The van der Waals surface area contributed by atoms with E-state index in [1.807, 2.05) is 36.4 Å². The molecule has 0 atom stereocenters.